The van der Waals surface area contributed by atoms with Crippen LogP contribution in [0.3, 0.4) is 0 Å². The molecule has 0 aromatic carbocycles. The molecule has 3 N–H and O–H groups in total. The van der Waals surface area contributed by atoms with E-state index in [1.807, 2.05) is 0 Å². The maximum absolute atomic E-state index is 10.7. The van der Waals surface area contributed by atoms with Crippen molar-refractivity contribution in [2.45, 2.75) is 25.8 Å². The van der Waals surface area contributed by atoms with Crippen LogP contribution in [0.25, 0.3) is 0 Å². The lowest BCUT2D eigenvalue weighted by atomic mass is 10.2. The Hall–Kier alpha value is -1.85. The van der Waals surface area contributed by atoms with Crippen molar-refractivity contribution in [2.24, 2.45) is 5.73 Å². The minimum Gasteiger partial charge on any atom is -0.481 e. The molecule has 15 heavy (non-hydrogen) atoms. The van der Waals surface area contributed by atoms with Crippen LogP contribution in [0.4, 0.5) is 0 Å². The van der Waals surface area contributed by atoms with Crippen molar-refractivity contribution in [1.29, 1.82) is 0 Å². The van der Waals surface area contributed by atoms with Crippen molar-refractivity contribution < 1.29 is 14.7 Å². The zero-order valence-electron chi connectivity index (χ0n) is 8.22. The summed E-state index contributed by atoms with van der Waals surface area (Å²) in [6, 6.07) is 0. The highest BCUT2D eigenvalue weighted by atomic mass is 16.4. The summed E-state index contributed by atoms with van der Waals surface area (Å²) in [6.45, 7) is 0.598. The van der Waals surface area contributed by atoms with E-state index in [0.29, 0.717) is 24.9 Å². The summed E-state index contributed by atoms with van der Waals surface area (Å²) >= 11 is 0. The Morgan fingerprint density at radius 2 is 2.20 bits per heavy atom. The number of amides is 1. The number of hydrogen-bond donors (Lipinski definition) is 2. The van der Waals surface area contributed by atoms with E-state index in [1.54, 1.807) is 10.9 Å². The van der Waals surface area contributed by atoms with E-state index in [0.717, 1.165) is 0 Å². The molecule has 0 unspecified atom stereocenters. The topological polar surface area (TPSA) is 98.2 Å². The van der Waals surface area contributed by atoms with Gasteiger partial charge in [0.15, 0.2) is 0 Å². The van der Waals surface area contributed by atoms with Gasteiger partial charge >= 0.3 is 5.97 Å². The quantitative estimate of drug-likeness (QED) is 0.658. The van der Waals surface area contributed by atoms with Gasteiger partial charge in [0.2, 0.25) is 0 Å². The number of aromatic nitrogens is 2. The van der Waals surface area contributed by atoms with Gasteiger partial charge in [-0.25, -0.2) is 0 Å². The van der Waals surface area contributed by atoms with Crippen molar-refractivity contribution in [3.05, 3.63) is 18.0 Å². The van der Waals surface area contributed by atoms with Gasteiger partial charge in [-0.2, -0.15) is 5.10 Å². The summed E-state index contributed by atoms with van der Waals surface area (Å²) in [5.74, 6) is -1.31. The van der Waals surface area contributed by atoms with Gasteiger partial charge in [0.1, 0.15) is 0 Å². The van der Waals surface area contributed by atoms with Crippen LogP contribution >= 0.6 is 0 Å². The first kappa shape index (κ1) is 11.2. The molecule has 0 saturated carbocycles. The molecular weight excluding hydrogens is 198 g/mol. The molecular formula is C9H13N3O3. The maximum Gasteiger partial charge on any atom is 0.303 e. The van der Waals surface area contributed by atoms with Crippen LogP contribution in [0.1, 0.15) is 29.6 Å². The third-order valence-corrected chi connectivity index (χ3v) is 1.95. The Balaban J connectivity index is 2.31. The second-order valence-electron chi connectivity index (χ2n) is 3.21. The second kappa shape index (κ2) is 5.14. The van der Waals surface area contributed by atoms with E-state index in [4.69, 9.17) is 10.8 Å². The lowest BCUT2D eigenvalue weighted by molar-refractivity contribution is -0.137. The number of carbonyl (C=O) groups is 2. The molecule has 0 saturated heterocycles. The predicted octanol–water partition coefficient (Wildman–Crippen LogP) is 0.237. The first-order chi connectivity index (χ1) is 7.09. The fourth-order valence-corrected chi connectivity index (χ4v) is 1.16. The lowest BCUT2D eigenvalue weighted by Gasteiger charge is -1.99. The number of nitrogens with two attached hydrogens (primary N) is 1. The molecule has 0 bridgehead atoms. The second-order valence-corrected chi connectivity index (χ2v) is 3.21. The normalized spacial score (nSPS) is 10.1. The fourth-order valence-electron chi connectivity index (χ4n) is 1.16. The highest BCUT2D eigenvalue weighted by Gasteiger charge is 2.03. The summed E-state index contributed by atoms with van der Waals surface area (Å²) in [5.41, 5.74) is 5.42. The average molecular weight is 211 g/mol. The zero-order chi connectivity index (χ0) is 11.3. The molecule has 0 aliphatic carbocycles. The van der Waals surface area contributed by atoms with Crippen LogP contribution in [0.5, 0.6) is 0 Å². The third kappa shape index (κ3) is 3.80. The number of nitrogens with zero attached hydrogens (tertiary/aromatic N) is 2. The van der Waals surface area contributed by atoms with Gasteiger partial charge in [-0.05, 0) is 12.8 Å². The predicted molar refractivity (Wildman–Crippen MR) is 52.2 cm³/mol. The number of unbranched alkanes of at least 4 members (excludes halogenated alkanes) is 1. The Kier molecular flexibility index (Phi) is 3.84. The van der Waals surface area contributed by atoms with E-state index in [2.05, 4.69) is 5.10 Å². The third-order valence-electron chi connectivity index (χ3n) is 1.95. The summed E-state index contributed by atoms with van der Waals surface area (Å²) in [5, 5.41) is 12.3. The molecule has 0 fully saturated rings. The highest BCUT2D eigenvalue weighted by molar-refractivity contribution is 5.92. The van der Waals surface area contributed by atoms with Crippen LogP contribution in [-0.2, 0) is 11.3 Å². The molecule has 0 atom stereocenters. The number of primary amides is 1. The van der Waals surface area contributed by atoms with Gasteiger partial charge in [0.25, 0.3) is 5.91 Å². The Morgan fingerprint density at radius 1 is 1.47 bits per heavy atom. The Morgan fingerprint density at radius 3 is 2.73 bits per heavy atom. The summed E-state index contributed by atoms with van der Waals surface area (Å²) < 4.78 is 1.59. The van der Waals surface area contributed by atoms with Gasteiger partial charge in [0, 0.05) is 19.2 Å². The monoisotopic (exact) mass is 211 g/mol. The molecule has 0 radical (unpaired) electrons. The molecule has 82 valence electrons. The van der Waals surface area contributed by atoms with Crippen LogP contribution in [-0.4, -0.2) is 26.8 Å². The smallest absolute Gasteiger partial charge is 0.303 e. The maximum atomic E-state index is 10.7. The van der Waals surface area contributed by atoms with E-state index in [1.165, 1.54) is 6.20 Å². The van der Waals surface area contributed by atoms with Crippen LogP contribution in [0.15, 0.2) is 12.4 Å². The largest absolute Gasteiger partial charge is 0.481 e. The zero-order valence-corrected chi connectivity index (χ0v) is 8.22. The van der Waals surface area contributed by atoms with Crippen LogP contribution in [0, 0.1) is 0 Å². The fraction of sp³-hybridized carbons (Fsp3) is 0.444. The summed E-state index contributed by atoms with van der Waals surface area (Å²) in [6.07, 6.45) is 4.43. The van der Waals surface area contributed by atoms with Crippen molar-refractivity contribution in [1.82, 2.24) is 9.78 Å². The summed E-state index contributed by atoms with van der Waals surface area (Å²) in [4.78, 5) is 20.9. The van der Waals surface area contributed by atoms with Gasteiger partial charge in [-0.15, -0.1) is 0 Å². The van der Waals surface area contributed by atoms with Gasteiger partial charge < -0.3 is 10.8 Å². The van der Waals surface area contributed by atoms with Gasteiger partial charge in [0.05, 0.1) is 11.8 Å². The van der Waals surface area contributed by atoms with Crippen LogP contribution in [0.2, 0.25) is 0 Å². The Bertz CT molecular complexity index is 359. The average Bonchev–Trinajstić information content (AvgIpc) is 2.60. The van der Waals surface area contributed by atoms with E-state index in [-0.39, 0.29) is 6.42 Å². The number of aliphatic carboxylic acids is 1. The molecule has 1 amide bonds. The van der Waals surface area contributed by atoms with E-state index in [9.17, 15) is 9.59 Å². The number of aryl methyl sites for hydroxylation is 1. The van der Waals surface area contributed by atoms with E-state index < -0.39 is 11.9 Å². The van der Waals surface area contributed by atoms with Crippen molar-refractivity contribution >= 4 is 11.9 Å². The SMILES string of the molecule is NC(=O)c1cnn(CCCCC(=O)O)c1. The minimum absolute atomic E-state index is 0.157. The van der Waals surface area contributed by atoms with Crippen molar-refractivity contribution in [3.63, 3.8) is 0 Å². The lowest BCUT2D eigenvalue weighted by Crippen LogP contribution is -2.09. The summed E-state index contributed by atoms with van der Waals surface area (Å²) in [7, 11) is 0. The standard InChI is InChI=1S/C9H13N3O3/c10-9(15)7-5-11-12(6-7)4-2-1-3-8(13)14/h5-6H,1-4H2,(H2,10,15)(H,13,14). The number of rotatable bonds is 6. The van der Waals surface area contributed by atoms with Crippen molar-refractivity contribution in [2.75, 3.05) is 0 Å². The molecule has 1 heterocycles. The number of carboxylic acid groups (broad SMARTS) is 1. The molecule has 1 aromatic heterocycles. The Labute approximate surface area is 86.7 Å². The highest BCUT2D eigenvalue weighted by Crippen LogP contribution is 2.01. The molecule has 0 aliphatic heterocycles. The van der Waals surface area contributed by atoms with Gasteiger partial charge in [-0.3, -0.25) is 14.3 Å². The molecule has 1 rings (SSSR count). The van der Waals surface area contributed by atoms with E-state index >= 15 is 0 Å². The van der Waals surface area contributed by atoms with Crippen molar-refractivity contribution in [3.8, 4) is 0 Å². The number of carbonyl (C=O) groups excluding carboxylic acids is 1. The molecule has 6 nitrogen and oxygen atoms in total. The first-order valence-electron chi connectivity index (χ1n) is 4.63. The number of hydrogen-bond acceptors (Lipinski definition) is 3. The van der Waals surface area contributed by atoms with Crippen LogP contribution < -0.4 is 5.73 Å². The molecule has 0 aliphatic rings. The minimum atomic E-state index is -0.798. The first-order valence-corrected chi connectivity index (χ1v) is 4.63. The van der Waals surface area contributed by atoms with Gasteiger partial charge in [-0.1, -0.05) is 0 Å². The number of carboxylic acids is 1. The molecule has 1 aromatic rings. The molecule has 6 heteroatoms. The molecule has 0 spiro atoms.